The molecule has 0 spiro atoms. The summed E-state index contributed by atoms with van der Waals surface area (Å²) >= 11 is 1.45. The van der Waals surface area contributed by atoms with Crippen LogP contribution in [0.15, 0.2) is 0 Å². The van der Waals surface area contributed by atoms with Crippen LogP contribution in [0, 0.1) is 18.8 Å². The Morgan fingerprint density at radius 1 is 1.45 bits per heavy atom. The van der Waals surface area contributed by atoms with E-state index in [1.54, 1.807) is 0 Å². The maximum absolute atomic E-state index is 12.1. The van der Waals surface area contributed by atoms with Gasteiger partial charge in [-0.15, -0.1) is 11.3 Å². The van der Waals surface area contributed by atoms with Crippen LogP contribution in [0.2, 0.25) is 0 Å². The lowest BCUT2D eigenvalue weighted by molar-refractivity contribution is -0.119. The van der Waals surface area contributed by atoms with Gasteiger partial charge < -0.3 is 10.1 Å². The van der Waals surface area contributed by atoms with Crippen molar-refractivity contribution in [1.29, 1.82) is 0 Å². The Labute approximate surface area is 121 Å². The van der Waals surface area contributed by atoms with E-state index < -0.39 is 0 Å². The van der Waals surface area contributed by atoms with Crippen LogP contribution in [-0.4, -0.2) is 30.0 Å². The van der Waals surface area contributed by atoms with Gasteiger partial charge in [0.2, 0.25) is 5.91 Å². The van der Waals surface area contributed by atoms with Gasteiger partial charge in [-0.25, -0.2) is 9.78 Å². The van der Waals surface area contributed by atoms with E-state index in [-0.39, 0.29) is 17.8 Å². The fourth-order valence-electron chi connectivity index (χ4n) is 2.34. The molecule has 1 aromatic rings. The average Bonchev–Trinajstić information content (AvgIpc) is 3.00. The van der Waals surface area contributed by atoms with E-state index in [0.717, 1.165) is 23.0 Å². The summed E-state index contributed by atoms with van der Waals surface area (Å²) in [4.78, 5) is 28.2. The number of aromatic nitrogens is 1. The van der Waals surface area contributed by atoms with Crippen molar-refractivity contribution in [3.8, 4) is 0 Å². The lowest BCUT2D eigenvalue weighted by atomic mass is 10.1. The first-order valence-corrected chi connectivity index (χ1v) is 7.83. The fourth-order valence-corrected chi connectivity index (χ4v) is 3.41. The quantitative estimate of drug-likeness (QED) is 0.839. The van der Waals surface area contributed by atoms with Gasteiger partial charge in [0.25, 0.3) is 0 Å². The van der Waals surface area contributed by atoms with Crippen molar-refractivity contribution in [2.75, 3.05) is 13.2 Å². The highest BCUT2D eigenvalue weighted by atomic mass is 32.1. The third-order valence-corrected chi connectivity index (χ3v) is 4.86. The van der Waals surface area contributed by atoms with Gasteiger partial charge >= 0.3 is 5.97 Å². The third kappa shape index (κ3) is 3.17. The van der Waals surface area contributed by atoms with Crippen molar-refractivity contribution in [2.45, 2.75) is 32.6 Å². The lowest BCUT2D eigenvalue weighted by Crippen LogP contribution is -2.17. The number of amides is 1. The molecular formula is C14H18N2O3S. The van der Waals surface area contributed by atoms with Gasteiger partial charge in [-0.2, -0.15) is 0 Å². The highest BCUT2D eigenvalue weighted by Gasteiger charge is 2.26. The van der Waals surface area contributed by atoms with Crippen LogP contribution >= 0.6 is 11.3 Å². The number of thiazole rings is 1. The zero-order valence-corrected chi connectivity index (χ0v) is 12.3. The van der Waals surface area contributed by atoms with Crippen molar-refractivity contribution in [3.63, 3.8) is 0 Å². The maximum Gasteiger partial charge on any atom is 0.350 e. The Bertz CT molecular complexity index is 537. The number of nitrogens with one attached hydrogen (secondary N) is 1. The predicted octanol–water partition coefficient (Wildman–Crippen LogP) is 1.70. The van der Waals surface area contributed by atoms with E-state index in [0.29, 0.717) is 24.4 Å². The molecule has 2 aliphatic rings. The Morgan fingerprint density at radius 2 is 2.25 bits per heavy atom. The van der Waals surface area contributed by atoms with Crippen LogP contribution < -0.4 is 5.32 Å². The fraction of sp³-hybridized carbons (Fsp3) is 0.643. The van der Waals surface area contributed by atoms with Gasteiger partial charge in [0.15, 0.2) is 0 Å². The first-order chi connectivity index (χ1) is 9.61. The number of hydrogen-bond donors (Lipinski definition) is 1. The molecule has 2 heterocycles. The molecule has 1 aromatic heterocycles. The lowest BCUT2D eigenvalue weighted by Gasteiger charge is -2.07. The predicted molar refractivity (Wildman–Crippen MR) is 74.7 cm³/mol. The first-order valence-electron chi connectivity index (χ1n) is 7.02. The highest BCUT2D eigenvalue weighted by molar-refractivity contribution is 7.13. The molecule has 0 bridgehead atoms. The summed E-state index contributed by atoms with van der Waals surface area (Å²) < 4.78 is 5.31. The number of nitrogens with zero attached hydrogens (tertiary/aromatic N) is 1. The van der Waals surface area contributed by atoms with Gasteiger partial charge in [-0.1, -0.05) is 0 Å². The van der Waals surface area contributed by atoms with Gasteiger partial charge in [-0.05, 0) is 25.7 Å². The summed E-state index contributed by atoms with van der Waals surface area (Å²) in [5, 5.41) is 3.77. The second-order valence-electron chi connectivity index (χ2n) is 5.64. The SMILES string of the molecule is Cc1nc(CC2CC2)sc1C(=O)OC[C@H]1CNC(=O)C1. The van der Waals surface area contributed by atoms with E-state index in [4.69, 9.17) is 4.74 Å². The van der Waals surface area contributed by atoms with Crippen LogP contribution in [0.3, 0.4) is 0 Å². The van der Waals surface area contributed by atoms with Gasteiger partial charge in [0.1, 0.15) is 4.88 Å². The smallest absolute Gasteiger partial charge is 0.350 e. The molecule has 5 nitrogen and oxygen atoms in total. The van der Waals surface area contributed by atoms with E-state index in [1.165, 1.54) is 24.2 Å². The molecular weight excluding hydrogens is 276 g/mol. The minimum atomic E-state index is -0.304. The second-order valence-corrected chi connectivity index (χ2v) is 6.73. The third-order valence-electron chi connectivity index (χ3n) is 3.70. The molecule has 1 N–H and O–H groups in total. The van der Waals surface area contributed by atoms with Crippen LogP contribution in [0.5, 0.6) is 0 Å². The van der Waals surface area contributed by atoms with Crippen LogP contribution in [0.1, 0.15) is 39.6 Å². The Balaban J connectivity index is 1.55. The number of carbonyl (C=O) groups excluding carboxylic acids is 2. The number of ether oxygens (including phenoxy) is 1. The Morgan fingerprint density at radius 3 is 2.90 bits per heavy atom. The average molecular weight is 294 g/mol. The van der Waals surface area contributed by atoms with E-state index in [1.807, 2.05) is 6.92 Å². The molecule has 0 unspecified atom stereocenters. The summed E-state index contributed by atoms with van der Waals surface area (Å²) in [6, 6.07) is 0. The largest absolute Gasteiger partial charge is 0.461 e. The summed E-state index contributed by atoms with van der Waals surface area (Å²) in [6.45, 7) is 2.75. The van der Waals surface area contributed by atoms with E-state index in [2.05, 4.69) is 10.3 Å². The molecule has 1 aliphatic carbocycles. The molecule has 2 fully saturated rings. The Kier molecular flexibility index (Phi) is 3.74. The molecule has 108 valence electrons. The van der Waals surface area contributed by atoms with E-state index >= 15 is 0 Å². The molecule has 1 aliphatic heterocycles. The van der Waals surface area contributed by atoms with Crippen molar-refractivity contribution in [3.05, 3.63) is 15.6 Å². The maximum atomic E-state index is 12.1. The minimum absolute atomic E-state index is 0.0340. The minimum Gasteiger partial charge on any atom is -0.461 e. The van der Waals surface area contributed by atoms with Gasteiger partial charge in [0.05, 0.1) is 17.3 Å². The molecule has 0 aromatic carbocycles. The van der Waals surface area contributed by atoms with Crippen molar-refractivity contribution in [1.82, 2.24) is 10.3 Å². The molecule has 1 saturated heterocycles. The molecule has 1 amide bonds. The summed E-state index contributed by atoms with van der Waals surface area (Å²) in [5.41, 5.74) is 0.760. The first kappa shape index (κ1) is 13.5. The van der Waals surface area contributed by atoms with E-state index in [9.17, 15) is 9.59 Å². The number of rotatable bonds is 5. The topological polar surface area (TPSA) is 68.3 Å². The second kappa shape index (κ2) is 5.52. The standard InChI is InChI=1S/C14H18N2O3S/c1-8-13(20-12(16-8)5-9-2-3-9)14(18)19-7-10-4-11(17)15-6-10/h9-10H,2-7H2,1H3,(H,15,17)/t10-/m1/s1. The van der Waals surface area contributed by atoms with Crippen molar-refractivity contribution < 1.29 is 14.3 Å². The summed E-state index contributed by atoms with van der Waals surface area (Å²) in [6.07, 6.45) is 3.99. The highest BCUT2D eigenvalue weighted by Crippen LogP contribution is 2.34. The molecule has 1 atom stereocenters. The monoisotopic (exact) mass is 294 g/mol. The van der Waals surface area contributed by atoms with Gasteiger partial charge in [0, 0.05) is 25.3 Å². The molecule has 0 radical (unpaired) electrons. The number of aryl methyl sites for hydroxylation is 1. The van der Waals surface area contributed by atoms with Crippen LogP contribution in [0.4, 0.5) is 0 Å². The zero-order chi connectivity index (χ0) is 14.1. The number of carbonyl (C=O) groups is 2. The van der Waals surface area contributed by atoms with Crippen LogP contribution in [-0.2, 0) is 16.0 Å². The van der Waals surface area contributed by atoms with Gasteiger partial charge in [-0.3, -0.25) is 4.79 Å². The Hall–Kier alpha value is -1.43. The normalized spacial score (nSPS) is 21.9. The number of esters is 1. The molecule has 1 saturated carbocycles. The number of hydrogen-bond acceptors (Lipinski definition) is 5. The summed E-state index contributed by atoms with van der Waals surface area (Å²) in [7, 11) is 0. The van der Waals surface area contributed by atoms with Crippen molar-refractivity contribution >= 4 is 23.2 Å². The molecule has 6 heteroatoms. The van der Waals surface area contributed by atoms with Crippen LogP contribution in [0.25, 0.3) is 0 Å². The zero-order valence-electron chi connectivity index (χ0n) is 11.5. The molecule has 20 heavy (non-hydrogen) atoms. The summed E-state index contributed by atoms with van der Waals surface area (Å²) in [5.74, 6) is 0.596. The molecule has 3 rings (SSSR count). The van der Waals surface area contributed by atoms with Crippen molar-refractivity contribution in [2.24, 2.45) is 11.8 Å².